The molecule has 0 aliphatic heterocycles. The molecule has 108 valence electrons. The lowest BCUT2D eigenvalue weighted by atomic mass is 10.1. The molecule has 4 nitrogen and oxygen atoms in total. The quantitative estimate of drug-likeness (QED) is 0.617. The summed E-state index contributed by atoms with van der Waals surface area (Å²) in [6.45, 7) is 6.81. The normalized spacial score (nSPS) is 12.0. The highest BCUT2D eigenvalue weighted by Gasteiger charge is 2.17. The van der Waals surface area contributed by atoms with E-state index in [9.17, 15) is 8.42 Å². The zero-order valence-electron chi connectivity index (χ0n) is 11.8. The Morgan fingerprint density at radius 1 is 1.26 bits per heavy atom. The minimum absolute atomic E-state index is 0.00457. The average molecular weight is 285 g/mol. The van der Waals surface area contributed by atoms with Crippen molar-refractivity contribution in [2.75, 3.05) is 24.7 Å². The number of aryl methyl sites for hydroxylation is 1. The first-order valence-electron chi connectivity index (χ1n) is 6.49. The number of sulfone groups is 1. The largest absolute Gasteiger partial charge is 0.399 e. The highest BCUT2D eigenvalue weighted by atomic mass is 32.2. The second-order valence-corrected chi connectivity index (χ2v) is 7.22. The predicted molar refractivity (Wildman–Crippen MR) is 77.9 cm³/mol. The van der Waals surface area contributed by atoms with E-state index in [-0.39, 0.29) is 12.4 Å². The first-order chi connectivity index (χ1) is 8.83. The van der Waals surface area contributed by atoms with Gasteiger partial charge in [-0.25, -0.2) is 8.42 Å². The van der Waals surface area contributed by atoms with Crippen molar-refractivity contribution in [2.24, 2.45) is 5.92 Å². The van der Waals surface area contributed by atoms with Crippen LogP contribution in [-0.4, -0.2) is 27.4 Å². The molecule has 0 amide bonds. The van der Waals surface area contributed by atoms with Gasteiger partial charge in [-0.15, -0.1) is 0 Å². The van der Waals surface area contributed by atoms with Crippen LogP contribution in [0.15, 0.2) is 23.1 Å². The fourth-order valence-corrected chi connectivity index (χ4v) is 3.08. The monoisotopic (exact) mass is 285 g/mol. The Bertz CT molecular complexity index is 509. The van der Waals surface area contributed by atoms with Crippen molar-refractivity contribution < 1.29 is 13.2 Å². The van der Waals surface area contributed by atoms with Crippen molar-refractivity contribution in [3.05, 3.63) is 23.8 Å². The van der Waals surface area contributed by atoms with Crippen molar-refractivity contribution in [2.45, 2.75) is 32.1 Å². The van der Waals surface area contributed by atoms with Crippen LogP contribution >= 0.6 is 0 Å². The Hall–Kier alpha value is -1.07. The fraction of sp³-hybridized carbons (Fsp3) is 0.571. The van der Waals surface area contributed by atoms with E-state index in [1.807, 2.05) is 0 Å². The fourth-order valence-electron chi connectivity index (χ4n) is 1.65. The van der Waals surface area contributed by atoms with Crippen LogP contribution in [0.3, 0.4) is 0 Å². The van der Waals surface area contributed by atoms with Crippen LogP contribution in [0.2, 0.25) is 0 Å². The average Bonchev–Trinajstić information content (AvgIpc) is 2.31. The summed E-state index contributed by atoms with van der Waals surface area (Å²) >= 11 is 0. The Labute approximate surface area is 115 Å². The second-order valence-electron chi connectivity index (χ2n) is 5.14. The summed E-state index contributed by atoms with van der Waals surface area (Å²) in [5.41, 5.74) is 6.82. The molecule has 0 fully saturated rings. The van der Waals surface area contributed by atoms with Gasteiger partial charge in [0, 0.05) is 12.3 Å². The minimum atomic E-state index is -3.32. The van der Waals surface area contributed by atoms with Gasteiger partial charge in [0.05, 0.1) is 17.3 Å². The molecule has 0 spiro atoms. The summed E-state index contributed by atoms with van der Waals surface area (Å²) in [6, 6.07) is 4.94. The van der Waals surface area contributed by atoms with Gasteiger partial charge in [0.2, 0.25) is 0 Å². The lowest BCUT2D eigenvalue weighted by molar-refractivity contribution is 0.137. The molecule has 1 aromatic carbocycles. The van der Waals surface area contributed by atoms with Gasteiger partial charge < -0.3 is 10.5 Å². The van der Waals surface area contributed by atoms with Crippen LogP contribution < -0.4 is 5.73 Å². The van der Waals surface area contributed by atoms with Gasteiger partial charge in [0.15, 0.2) is 9.84 Å². The van der Waals surface area contributed by atoms with Gasteiger partial charge in [0.1, 0.15) is 0 Å². The van der Waals surface area contributed by atoms with Crippen LogP contribution in [0.1, 0.15) is 25.8 Å². The highest BCUT2D eigenvalue weighted by molar-refractivity contribution is 7.91. The van der Waals surface area contributed by atoms with Crippen LogP contribution in [0.25, 0.3) is 0 Å². The number of rotatable bonds is 7. The SMILES string of the molecule is Cc1ccc(N)cc1S(=O)(=O)CCOCCC(C)C. The molecule has 0 aliphatic carbocycles. The number of ether oxygens (including phenoxy) is 1. The molecule has 19 heavy (non-hydrogen) atoms. The Morgan fingerprint density at radius 3 is 2.58 bits per heavy atom. The van der Waals surface area contributed by atoms with Crippen molar-refractivity contribution >= 4 is 15.5 Å². The molecule has 0 radical (unpaired) electrons. The zero-order valence-corrected chi connectivity index (χ0v) is 12.7. The summed E-state index contributed by atoms with van der Waals surface area (Å²) in [4.78, 5) is 0.306. The molecule has 0 unspecified atom stereocenters. The first kappa shape index (κ1) is 16.0. The van der Waals surface area contributed by atoms with Gasteiger partial charge in [0.25, 0.3) is 0 Å². The molecule has 0 aliphatic rings. The van der Waals surface area contributed by atoms with E-state index in [1.54, 1.807) is 19.1 Å². The number of nitrogens with two attached hydrogens (primary N) is 1. The van der Waals surface area contributed by atoms with E-state index >= 15 is 0 Å². The maximum absolute atomic E-state index is 12.2. The van der Waals surface area contributed by atoms with Gasteiger partial charge in [-0.1, -0.05) is 19.9 Å². The summed E-state index contributed by atoms with van der Waals surface area (Å²) in [5.74, 6) is 0.558. The summed E-state index contributed by atoms with van der Waals surface area (Å²) in [6.07, 6.45) is 0.942. The third-order valence-corrected chi connectivity index (χ3v) is 4.70. The summed E-state index contributed by atoms with van der Waals surface area (Å²) in [5, 5.41) is 0. The molecule has 1 rings (SSSR count). The molecule has 0 atom stereocenters. The summed E-state index contributed by atoms with van der Waals surface area (Å²) in [7, 11) is -3.32. The van der Waals surface area contributed by atoms with E-state index in [4.69, 9.17) is 10.5 Å². The molecule has 1 aromatic rings. The molecule has 0 saturated carbocycles. The molecule has 0 bridgehead atoms. The van der Waals surface area contributed by atoms with Crippen LogP contribution in [0.5, 0.6) is 0 Å². The van der Waals surface area contributed by atoms with E-state index in [1.165, 1.54) is 6.07 Å². The van der Waals surface area contributed by atoms with Crippen LogP contribution in [0, 0.1) is 12.8 Å². The highest BCUT2D eigenvalue weighted by Crippen LogP contribution is 2.19. The number of hydrogen-bond acceptors (Lipinski definition) is 4. The number of benzene rings is 1. The van der Waals surface area contributed by atoms with Gasteiger partial charge in [-0.2, -0.15) is 0 Å². The van der Waals surface area contributed by atoms with Crippen LogP contribution in [-0.2, 0) is 14.6 Å². The lowest BCUT2D eigenvalue weighted by Gasteiger charge is -2.10. The van der Waals surface area contributed by atoms with Gasteiger partial charge >= 0.3 is 0 Å². The lowest BCUT2D eigenvalue weighted by Crippen LogP contribution is -2.14. The van der Waals surface area contributed by atoms with E-state index in [0.29, 0.717) is 23.1 Å². The predicted octanol–water partition coefficient (Wildman–Crippen LogP) is 2.41. The van der Waals surface area contributed by atoms with Crippen molar-refractivity contribution in [1.82, 2.24) is 0 Å². The zero-order chi connectivity index (χ0) is 14.5. The number of hydrogen-bond donors (Lipinski definition) is 1. The Kier molecular flexibility index (Phi) is 5.82. The Morgan fingerprint density at radius 2 is 1.95 bits per heavy atom. The molecular weight excluding hydrogens is 262 g/mol. The van der Waals surface area contributed by atoms with Gasteiger partial charge in [-0.05, 0) is 37.0 Å². The van der Waals surface area contributed by atoms with Crippen molar-refractivity contribution in [3.8, 4) is 0 Å². The smallest absolute Gasteiger partial charge is 0.180 e. The molecule has 0 heterocycles. The molecular formula is C14H23NO3S. The van der Waals surface area contributed by atoms with Crippen LogP contribution in [0.4, 0.5) is 5.69 Å². The van der Waals surface area contributed by atoms with E-state index in [0.717, 1.165) is 12.0 Å². The number of nitrogen functional groups attached to an aromatic ring is 1. The maximum Gasteiger partial charge on any atom is 0.180 e. The third kappa shape index (κ3) is 5.20. The van der Waals surface area contributed by atoms with Gasteiger partial charge in [-0.3, -0.25) is 0 Å². The molecule has 2 N–H and O–H groups in total. The second kappa shape index (κ2) is 6.91. The first-order valence-corrected chi connectivity index (χ1v) is 8.15. The molecule has 0 aromatic heterocycles. The van der Waals surface area contributed by atoms with Crippen molar-refractivity contribution in [1.29, 1.82) is 0 Å². The minimum Gasteiger partial charge on any atom is -0.399 e. The standard InChI is InChI=1S/C14H23NO3S/c1-11(2)6-7-18-8-9-19(16,17)14-10-13(15)5-4-12(14)3/h4-5,10-11H,6-9,15H2,1-3H3. The van der Waals surface area contributed by atoms with E-state index in [2.05, 4.69) is 13.8 Å². The molecule has 0 saturated heterocycles. The number of anilines is 1. The topological polar surface area (TPSA) is 69.4 Å². The van der Waals surface area contributed by atoms with Crippen molar-refractivity contribution in [3.63, 3.8) is 0 Å². The van der Waals surface area contributed by atoms with E-state index < -0.39 is 9.84 Å². The summed E-state index contributed by atoms with van der Waals surface area (Å²) < 4.78 is 29.7. The maximum atomic E-state index is 12.2. The third-order valence-electron chi connectivity index (χ3n) is 2.88. The molecule has 5 heteroatoms. The Balaban J connectivity index is 2.59.